The van der Waals surface area contributed by atoms with Gasteiger partial charge in [-0.1, -0.05) is 20.3 Å². The van der Waals surface area contributed by atoms with E-state index in [1.807, 2.05) is 0 Å². The molecule has 0 radical (unpaired) electrons. The van der Waals surface area contributed by atoms with Crippen molar-refractivity contribution in [3.8, 4) is 0 Å². The molecule has 1 unspecified atom stereocenters. The Morgan fingerprint density at radius 1 is 1.00 bits per heavy atom. The number of anilines is 1. The smallest absolute Gasteiger partial charge is 0.294 e. The number of nitrogens with zero attached hydrogens (tertiary/aromatic N) is 4. The largest absolute Gasteiger partial charge is 0.338 e. The monoisotopic (exact) mass is 498 g/mol. The molecule has 2 N–H and O–H groups in total. The quantitative estimate of drug-likeness (QED) is 0.494. The van der Waals surface area contributed by atoms with Gasteiger partial charge in [0.25, 0.3) is 20.2 Å². The molecule has 2 aromatic rings. The number of rotatable bonds is 9. The molecule has 1 aromatic heterocycles. The highest BCUT2D eigenvalue weighted by molar-refractivity contribution is 7.86. The summed E-state index contributed by atoms with van der Waals surface area (Å²) >= 11 is 0. The number of hydrogen-bond acceptors (Lipinski definition) is 8. The van der Waals surface area contributed by atoms with Crippen LogP contribution in [0.3, 0.4) is 0 Å². The third kappa shape index (κ3) is 6.46. The van der Waals surface area contributed by atoms with Gasteiger partial charge in [-0.25, -0.2) is 4.98 Å². The van der Waals surface area contributed by atoms with Crippen LogP contribution in [0.5, 0.6) is 0 Å². The van der Waals surface area contributed by atoms with Gasteiger partial charge in [-0.15, -0.1) is 0 Å². The Balaban J connectivity index is 2.08. The van der Waals surface area contributed by atoms with Crippen LogP contribution in [-0.4, -0.2) is 53.5 Å². The molecule has 2 heterocycles. The Morgan fingerprint density at radius 2 is 1.73 bits per heavy atom. The minimum atomic E-state index is -4.64. The van der Waals surface area contributed by atoms with Crippen LogP contribution in [0.1, 0.15) is 69.6 Å². The minimum Gasteiger partial charge on any atom is -0.338 e. The van der Waals surface area contributed by atoms with Crippen LogP contribution in [0, 0.1) is 0 Å². The second kappa shape index (κ2) is 10.4. The van der Waals surface area contributed by atoms with Crippen molar-refractivity contribution in [2.24, 2.45) is 0 Å². The van der Waals surface area contributed by atoms with Crippen LogP contribution in [0.15, 0.2) is 28.0 Å². The molecule has 33 heavy (non-hydrogen) atoms. The van der Waals surface area contributed by atoms with Gasteiger partial charge in [-0.05, 0) is 55.9 Å². The molecule has 0 aliphatic carbocycles. The van der Waals surface area contributed by atoms with Gasteiger partial charge in [0, 0.05) is 25.4 Å². The highest BCUT2D eigenvalue weighted by Crippen LogP contribution is 2.26. The highest BCUT2D eigenvalue weighted by Gasteiger charge is 2.25. The van der Waals surface area contributed by atoms with Crippen LogP contribution in [0.25, 0.3) is 0 Å². The Bertz CT molecular complexity index is 1200. The molecule has 1 fully saturated rings. The Hall–Kier alpha value is -2.15. The maximum Gasteiger partial charge on any atom is 0.294 e. The zero-order valence-electron chi connectivity index (χ0n) is 18.8. The van der Waals surface area contributed by atoms with Crippen molar-refractivity contribution in [1.29, 1.82) is 0 Å². The summed E-state index contributed by atoms with van der Waals surface area (Å²) in [6, 6.07) is 3.19. The molecule has 1 atom stereocenters. The molecule has 1 aliphatic heterocycles. The molecule has 10 nitrogen and oxygen atoms in total. The predicted molar refractivity (Wildman–Crippen MR) is 123 cm³/mol. The molecule has 1 aromatic carbocycles. The maximum atomic E-state index is 11.9. The van der Waals surface area contributed by atoms with Gasteiger partial charge < -0.3 is 4.90 Å². The molecule has 0 spiro atoms. The van der Waals surface area contributed by atoms with E-state index in [1.54, 1.807) is 0 Å². The SMILES string of the molecule is CCCCc1nc(Cc2cc(S(=O)(=O)O)ccc2S(=O)(=O)O)nc(N2CCCCC2CC)n1. The summed E-state index contributed by atoms with van der Waals surface area (Å²) in [6.45, 7) is 4.98. The Kier molecular flexibility index (Phi) is 8.04. The van der Waals surface area contributed by atoms with Crippen molar-refractivity contribution in [3.63, 3.8) is 0 Å². The Morgan fingerprint density at radius 3 is 2.36 bits per heavy atom. The molecule has 0 bridgehead atoms. The third-order valence-electron chi connectivity index (χ3n) is 5.78. The summed E-state index contributed by atoms with van der Waals surface area (Å²) in [7, 11) is -9.22. The molecule has 12 heteroatoms. The standard InChI is InChI=1S/C21H30N4O6S2/c1-3-5-9-19-22-20(24-21(23-19)25-12-7-6-8-16(25)4-2)14-15-13-17(32(26,27)28)10-11-18(15)33(29,30)31/h10-11,13,16H,3-9,12,14H2,1-2H3,(H,26,27,28)(H,29,30,31). The average Bonchev–Trinajstić information content (AvgIpc) is 2.76. The fourth-order valence-corrected chi connectivity index (χ4v) is 5.31. The van der Waals surface area contributed by atoms with Crippen molar-refractivity contribution in [2.75, 3.05) is 11.4 Å². The maximum absolute atomic E-state index is 11.9. The van der Waals surface area contributed by atoms with Crippen molar-refractivity contribution in [1.82, 2.24) is 15.0 Å². The summed E-state index contributed by atoms with van der Waals surface area (Å²) in [5, 5.41) is 0. The van der Waals surface area contributed by atoms with Crippen molar-refractivity contribution in [2.45, 2.75) is 81.0 Å². The molecule has 1 saturated heterocycles. The summed E-state index contributed by atoms with van der Waals surface area (Å²) in [5.41, 5.74) is -0.0306. The first kappa shape index (κ1) is 25.5. The number of aryl methyl sites for hydroxylation is 1. The van der Waals surface area contributed by atoms with Crippen molar-refractivity contribution >= 4 is 26.2 Å². The van der Waals surface area contributed by atoms with E-state index < -0.39 is 30.0 Å². The van der Waals surface area contributed by atoms with E-state index in [0.717, 1.165) is 63.3 Å². The minimum absolute atomic E-state index is 0.0306. The number of aromatic nitrogens is 3. The molecule has 0 saturated carbocycles. The van der Waals surface area contributed by atoms with Gasteiger partial charge in [0.2, 0.25) is 5.95 Å². The molecular formula is C21H30N4O6S2. The van der Waals surface area contributed by atoms with E-state index in [9.17, 15) is 25.9 Å². The first-order valence-electron chi connectivity index (χ1n) is 11.1. The van der Waals surface area contributed by atoms with Gasteiger partial charge in [0.1, 0.15) is 11.6 Å². The fraction of sp³-hybridized carbons (Fsp3) is 0.571. The molecular weight excluding hydrogens is 468 g/mol. The van der Waals surface area contributed by atoms with Crippen LogP contribution < -0.4 is 4.90 Å². The van der Waals surface area contributed by atoms with Gasteiger partial charge in [0.15, 0.2) is 0 Å². The summed E-state index contributed by atoms with van der Waals surface area (Å²) < 4.78 is 66.0. The summed E-state index contributed by atoms with van der Waals surface area (Å²) in [4.78, 5) is 15.0. The zero-order valence-corrected chi connectivity index (χ0v) is 20.4. The lowest BCUT2D eigenvalue weighted by molar-refractivity contribution is 0.441. The lowest BCUT2D eigenvalue weighted by Crippen LogP contribution is -2.40. The highest BCUT2D eigenvalue weighted by atomic mass is 32.2. The van der Waals surface area contributed by atoms with Crippen LogP contribution in [0.4, 0.5) is 5.95 Å². The topological polar surface area (TPSA) is 151 Å². The van der Waals surface area contributed by atoms with Gasteiger partial charge in [0.05, 0.1) is 9.79 Å². The summed E-state index contributed by atoms with van der Waals surface area (Å²) in [5.74, 6) is 1.37. The van der Waals surface area contributed by atoms with Crippen molar-refractivity contribution < 1.29 is 25.9 Å². The van der Waals surface area contributed by atoms with Crippen LogP contribution in [-0.2, 0) is 33.1 Å². The molecule has 1 aliphatic rings. The molecule has 0 amide bonds. The fourth-order valence-electron chi connectivity index (χ4n) is 4.07. The molecule has 182 valence electrons. The Labute approximate surface area is 195 Å². The van der Waals surface area contributed by atoms with E-state index in [0.29, 0.717) is 24.2 Å². The van der Waals surface area contributed by atoms with Gasteiger partial charge >= 0.3 is 0 Å². The second-order valence-electron chi connectivity index (χ2n) is 8.22. The summed E-state index contributed by atoms with van der Waals surface area (Å²) in [6.07, 6.45) is 6.41. The number of benzene rings is 1. The molecule has 3 rings (SSSR count). The third-order valence-corrected chi connectivity index (χ3v) is 7.59. The first-order valence-corrected chi connectivity index (χ1v) is 14.0. The number of unbranched alkanes of at least 4 members (excludes halogenated alkanes) is 1. The number of piperidine rings is 1. The van der Waals surface area contributed by atoms with E-state index in [2.05, 4.69) is 33.7 Å². The first-order chi connectivity index (χ1) is 15.5. The second-order valence-corrected chi connectivity index (χ2v) is 11.0. The lowest BCUT2D eigenvalue weighted by atomic mass is 10.0. The van der Waals surface area contributed by atoms with E-state index in [-0.39, 0.29) is 17.8 Å². The lowest BCUT2D eigenvalue weighted by Gasteiger charge is -2.35. The van der Waals surface area contributed by atoms with E-state index in [4.69, 9.17) is 0 Å². The van der Waals surface area contributed by atoms with Gasteiger partial charge in [-0.3, -0.25) is 9.11 Å². The predicted octanol–water partition coefficient (Wildman–Crippen LogP) is 3.07. The van der Waals surface area contributed by atoms with Crippen LogP contribution >= 0.6 is 0 Å². The van der Waals surface area contributed by atoms with Gasteiger partial charge in [-0.2, -0.15) is 26.8 Å². The number of hydrogen-bond donors (Lipinski definition) is 2. The van der Waals surface area contributed by atoms with Crippen molar-refractivity contribution in [3.05, 3.63) is 35.4 Å². The average molecular weight is 499 g/mol. The van der Waals surface area contributed by atoms with E-state index in [1.165, 1.54) is 0 Å². The normalized spacial score (nSPS) is 17.3. The van der Waals surface area contributed by atoms with E-state index >= 15 is 0 Å². The zero-order chi connectivity index (χ0) is 24.2. The van der Waals surface area contributed by atoms with Crippen LogP contribution in [0.2, 0.25) is 0 Å².